The Bertz CT molecular complexity index is 503. The smallest absolute Gasteiger partial charge is 0.0178 e. The fraction of sp³-hybridized carbons (Fsp3) is 0. The van der Waals surface area contributed by atoms with Gasteiger partial charge in [-0.05, 0) is 33.7 Å². The van der Waals surface area contributed by atoms with Crippen molar-refractivity contribution in [1.29, 1.82) is 0 Å². The monoisotopic (exact) mass is 322 g/mol. The van der Waals surface area contributed by atoms with Gasteiger partial charge in [0.25, 0.3) is 0 Å². The minimum absolute atomic E-state index is 0. The minimum atomic E-state index is 0. The summed E-state index contributed by atoms with van der Waals surface area (Å²) in [4.78, 5) is 0. The molecule has 3 aromatic carbocycles. The zero-order valence-electron chi connectivity index (χ0n) is 9.41. The van der Waals surface area contributed by atoms with Crippen molar-refractivity contribution in [2.24, 2.45) is 0 Å². The van der Waals surface area contributed by atoms with Gasteiger partial charge in [0, 0.05) is 0 Å². The zero-order chi connectivity index (χ0) is 9.38. The third kappa shape index (κ3) is 3.66. The molecule has 3 aromatic rings. The van der Waals surface area contributed by atoms with Gasteiger partial charge in [-0.3, -0.25) is 0 Å². The summed E-state index contributed by atoms with van der Waals surface area (Å²) in [5.41, 5.74) is 0. The molecule has 0 fully saturated rings. The summed E-state index contributed by atoms with van der Waals surface area (Å²) >= 11 is 0. The number of halogens is 4. The number of hydrogen-bond acceptors (Lipinski definition) is 0. The van der Waals surface area contributed by atoms with Gasteiger partial charge in [0.05, 0.1) is 0 Å². The summed E-state index contributed by atoms with van der Waals surface area (Å²) in [6.07, 6.45) is 0. The Morgan fingerprint density at radius 2 is 0.611 bits per heavy atom. The van der Waals surface area contributed by atoms with Crippen LogP contribution < -0.4 is 0 Å². The first-order chi connectivity index (χ1) is 6.93. The van der Waals surface area contributed by atoms with Crippen molar-refractivity contribution < 1.29 is 0 Å². The van der Waals surface area contributed by atoms with Crippen molar-refractivity contribution in [3.63, 3.8) is 0 Å². The highest BCUT2D eigenvalue weighted by Gasteiger charge is 1.95. The van der Waals surface area contributed by atoms with Gasteiger partial charge in [-0.25, -0.2) is 0 Å². The number of rotatable bonds is 0. The summed E-state index contributed by atoms with van der Waals surface area (Å²) in [7, 11) is 0. The summed E-state index contributed by atoms with van der Waals surface area (Å²) < 4.78 is 0. The number of fused-ring (bicyclic) bond motifs is 2. The van der Waals surface area contributed by atoms with E-state index in [2.05, 4.69) is 60.7 Å². The second-order valence-electron chi connectivity index (χ2n) is 3.55. The summed E-state index contributed by atoms with van der Waals surface area (Å²) in [5, 5.41) is 5.25. The van der Waals surface area contributed by atoms with Gasteiger partial charge in [-0.15, -0.1) is 49.6 Å². The molecule has 0 bridgehead atoms. The normalized spacial score (nSPS) is 8.44. The Kier molecular flexibility index (Phi) is 9.23. The molecule has 0 saturated carbocycles. The Morgan fingerprint density at radius 1 is 0.389 bits per heavy atom. The second-order valence-corrected chi connectivity index (χ2v) is 3.55. The number of benzene rings is 3. The Labute approximate surface area is 131 Å². The predicted molar refractivity (Wildman–Crippen MR) is 90.4 cm³/mol. The van der Waals surface area contributed by atoms with Crippen LogP contribution in [0.5, 0.6) is 0 Å². The SMILES string of the molecule is Cl.Cl.Cl.Cl.c1ccc2cc3ccccc3cc2c1. The maximum atomic E-state index is 2.24. The van der Waals surface area contributed by atoms with Crippen molar-refractivity contribution in [2.45, 2.75) is 0 Å². The van der Waals surface area contributed by atoms with E-state index in [1.54, 1.807) is 0 Å². The molecule has 0 heterocycles. The topological polar surface area (TPSA) is 0 Å². The molecule has 0 atom stereocenters. The average molecular weight is 324 g/mol. The lowest BCUT2D eigenvalue weighted by atomic mass is 10.0. The molecule has 0 radical (unpaired) electrons. The maximum Gasteiger partial charge on any atom is -0.0178 e. The van der Waals surface area contributed by atoms with Crippen LogP contribution in [0, 0.1) is 0 Å². The molecule has 0 N–H and O–H groups in total. The van der Waals surface area contributed by atoms with Crippen LogP contribution in [0.1, 0.15) is 0 Å². The van der Waals surface area contributed by atoms with Crippen LogP contribution in [-0.4, -0.2) is 0 Å². The summed E-state index contributed by atoms with van der Waals surface area (Å²) in [6, 6.07) is 21.4. The molecule has 0 nitrogen and oxygen atoms in total. The molecule has 98 valence electrons. The van der Waals surface area contributed by atoms with E-state index in [4.69, 9.17) is 0 Å². The van der Waals surface area contributed by atoms with E-state index in [1.807, 2.05) is 0 Å². The van der Waals surface area contributed by atoms with Crippen molar-refractivity contribution >= 4 is 71.2 Å². The van der Waals surface area contributed by atoms with Crippen molar-refractivity contribution in [3.05, 3.63) is 60.7 Å². The Morgan fingerprint density at radius 3 is 0.833 bits per heavy atom. The lowest BCUT2D eigenvalue weighted by molar-refractivity contribution is 1.76. The van der Waals surface area contributed by atoms with Gasteiger partial charge in [0.1, 0.15) is 0 Å². The van der Waals surface area contributed by atoms with Crippen molar-refractivity contribution in [3.8, 4) is 0 Å². The first-order valence-electron chi connectivity index (χ1n) is 4.81. The van der Waals surface area contributed by atoms with Crippen LogP contribution in [0.2, 0.25) is 0 Å². The molecule has 18 heavy (non-hydrogen) atoms. The highest BCUT2D eigenvalue weighted by molar-refractivity contribution is 5.98. The molecule has 0 aromatic heterocycles. The summed E-state index contributed by atoms with van der Waals surface area (Å²) in [6.45, 7) is 0. The van der Waals surface area contributed by atoms with E-state index >= 15 is 0 Å². The zero-order valence-corrected chi connectivity index (χ0v) is 12.7. The van der Waals surface area contributed by atoms with E-state index in [9.17, 15) is 0 Å². The third-order valence-electron chi connectivity index (χ3n) is 2.61. The maximum absolute atomic E-state index is 2.24. The van der Waals surface area contributed by atoms with Gasteiger partial charge >= 0.3 is 0 Å². The minimum Gasteiger partial charge on any atom is -0.147 e. The highest BCUT2D eigenvalue weighted by atomic mass is 35.5. The largest absolute Gasteiger partial charge is 0.147 e. The molecule has 0 unspecified atom stereocenters. The lowest BCUT2D eigenvalue weighted by Gasteiger charge is -2.00. The predicted octanol–water partition coefficient (Wildman–Crippen LogP) is 5.68. The van der Waals surface area contributed by atoms with Gasteiger partial charge in [0.2, 0.25) is 0 Å². The molecular formula is C14H14Cl4. The van der Waals surface area contributed by atoms with E-state index in [1.165, 1.54) is 21.5 Å². The van der Waals surface area contributed by atoms with Gasteiger partial charge in [-0.1, -0.05) is 48.5 Å². The molecule has 0 aliphatic heterocycles. The quantitative estimate of drug-likeness (QED) is 0.467. The van der Waals surface area contributed by atoms with Crippen LogP contribution in [0.15, 0.2) is 60.7 Å². The lowest BCUT2D eigenvalue weighted by Crippen LogP contribution is -1.74. The first-order valence-corrected chi connectivity index (χ1v) is 4.81. The molecular weight excluding hydrogens is 310 g/mol. The van der Waals surface area contributed by atoms with Gasteiger partial charge < -0.3 is 0 Å². The molecule has 4 heteroatoms. The van der Waals surface area contributed by atoms with Crippen LogP contribution >= 0.6 is 49.6 Å². The van der Waals surface area contributed by atoms with E-state index in [-0.39, 0.29) is 49.6 Å². The third-order valence-corrected chi connectivity index (χ3v) is 2.61. The van der Waals surface area contributed by atoms with Gasteiger partial charge in [-0.2, -0.15) is 0 Å². The van der Waals surface area contributed by atoms with Crippen molar-refractivity contribution in [1.82, 2.24) is 0 Å². The molecule has 3 rings (SSSR count). The molecule has 0 spiro atoms. The highest BCUT2D eigenvalue weighted by Crippen LogP contribution is 2.21. The molecule has 0 aliphatic rings. The molecule has 0 amide bonds. The van der Waals surface area contributed by atoms with E-state index in [0.717, 1.165) is 0 Å². The fourth-order valence-corrected chi connectivity index (χ4v) is 1.88. The fourth-order valence-electron chi connectivity index (χ4n) is 1.88. The molecule has 0 aliphatic carbocycles. The second kappa shape index (κ2) is 8.44. The van der Waals surface area contributed by atoms with Crippen LogP contribution in [-0.2, 0) is 0 Å². The van der Waals surface area contributed by atoms with Crippen LogP contribution in [0.25, 0.3) is 21.5 Å². The Balaban J connectivity index is 0. The van der Waals surface area contributed by atoms with Crippen LogP contribution in [0.3, 0.4) is 0 Å². The van der Waals surface area contributed by atoms with Crippen molar-refractivity contribution in [2.75, 3.05) is 0 Å². The van der Waals surface area contributed by atoms with Gasteiger partial charge in [0.15, 0.2) is 0 Å². The summed E-state index contributed by atoms with van der Waals surface area (Å²) in [5.74, 6) is 0. The van der Waals surface area contributed by atoms with E-state index < -0.39 is 0 Å². The first kappa shape index (κ1) is 19.7. The standard InChI is InChI=1S/C14H10.4ClH/c1-2-6-12-10-14-8-4-3-7-13(14)9-11(12)5-1;;;;/h1-10H;4*1H. The Hall–Kier alpha value is -0.660. The van der Waals surface area contributed by atoms with Crippen LogP contribution in [0.4, 0.5) is 0 Å². The number of hydrogen-bond donors (Lipinski definition) is 0. The van der Waals surface area contributed by atoms with E-state index in [0.29, 0.717) is 0 Å². The molecule has 0 saturated heterocycles. The average Bonchev–Trinajstić information content (AvgIpc) is 2.26.